The Balaban J connectivity index is 2.20. The van der Waals surface area contributed by atoms with Crippen LogP contribution >= 0.6 is 0 Å². The fourth-order valence-electron chi connectivity index (χ4n) is 1.72. The Morgan fingerprint density at radius 1 is 1.37 bits per heavy atom. The molecule has 1 saturated heterocycles. The number of nitrogens with one attached hydrogen (secondary N) is 1. The van der Waals surface area contributed by atoms with Crippen molar-refractivity contribution in [1.29, 1.82) is 0 Å². The van der Waals surface area contributed by atoms with Crippen LogP contribution in [0.1, 0.15) is 13.3 Å². The van der Waals surface area contributed by atoms with Gasteiger partial charge in [0.05, 0.1) is 26.6 Å². The summed E-state index contributed by atoms with van der Waals surface area (Å²) in [7, 11) is 1.28. The third-order valence-electron chi connectivity index (χ3n) is 2.71. The number of rotatable bonds is 6. The maximum absolute atomic E-state index is 11.6. The lowest BCUT2D eigenvalue weighted by atomic mass is 9.97. The second-order valence-electron chi connectivity index (χ2n) is 4.55. The van der Waals surface area contributed by atoms with Crippen LogP contribution in [0.25, 0.3) is 0 Å². The minimum Gasteiger partial charge on any atom is -0.480 e. The van der Waals surface area contributed by atoms with E-state index in [9.17, 15) is 14.4 Å². The molecule has 8 heteroatoms. The minimum absolute atomic E-state index is 0.114. The standard InChI is InChI=1S/C11H18N2O6/c1-11(19-5-8(14)15)6-13(7-11)10(17)12-4-3-9(16)18-2/h3-7H2,1-2H3,(H,12,17)(H,14,15). The Morgan fingerprint density at radius 3 is 2.53 bits per heavy atom. The SMILES string of the molecule is COC(=O)CCNC(=O)N1CC(C)(OCC(=O)O)C1. The van der Waals surface area contributed by atoms with Gasteiger partial charge in [0.15, 0.2) is 0 Å². The quantitative estimate of drug-likeness (QED) is 0.629. The fourth-order valence-corrected chi connectivity index (χ4v) is 1.72. The van der Waals surface area contributed by atoms with E-state index in [1.165, 1.54) is 12.0 Å². The molecule has 1 heterocycles. The van der Waals surface area contributed by atoms with Crippen molar-refractivity contribution in [3.05, 3.63) is 0 Å². The van der Waals surface area contributed by atoms with E-state index in [0.717, 1.165) is 0 Å². The summed E-state index contributed by atoms with van der Waals surface area (Å²) in [5.41, 5.74) is -0.613. The minimum atomic E-state index is -1.04. The summed E-state index contributed by atoms with van der Waals surface area (Å²) < 4.78 is 9.61. The van der Waals surface area contributed by atoms with Gasteiger partial charge >= 0.3 is 18.0 Å². The van der Waals surface area contributed by atoms with Crippen LogP contribution in [0.15, 0.2) is 0 Å². The fraction of sp³-hybridized carbons (Fsp3) is 0.727. The highest BCUT2D eigenvalue weighted by molar-refractivity contribution is 5.76. The highest BCUT2D eigenvalue weighted by Gasteiger charge is 2.42. The van der Waals surface area contributed by atoms with E-state index in [1.54, 1.807) is 6.92 Å². The number of urea groups is 1. The zero-order chi connectivity index (χ0) is 14.5. The van der Waals surface area contributed by atoms with Crippen LogP contribution in [-0.4, -0.2) is 66.9 Å². The number of ether oxygens (including phenoxy) is 2. The van der Waals surface area contributed by atoms with Gasteiger partial charge in [-0.25, -0.2) is 9.59 Å². The Bertz CT molecular complexity index is 364. The van der Waals surface area contributed by atoms with Gasteiger partial charge in [0.1, 0.15) is 12.2 Å². The average molecular weight is 274 g/mol. The van der Waals surface area contributed by atoms with Crippen molar-refractivity contribution in [3.8, 4) is 0 Å². The number of carbonyl (C=O) groups is 3. The molecule has 0 radical (unpaired) electrons. The van der Waals surface area contributed by atoms with Crippen LogP contribution < -0.4 is 5.32 Å². The van der Waals surface area contributed by atoms with Crippen LogP contribution in [0.4, 0.5) is 4.79 Å². The zero-order valence-electron chi connectivity index (χ0n) is 11.0. The van der Waals surface area contributed by atoms with Crippen molar-refractivity contribution in [2.75, 3.05) is 33.4 Å². The first-order valence-corrected chi connectivity index (χ1v) is 5.81. The van der Waals surface area contributed by atoms with E-state index in [-0.39, 0.29) is 25.6 Å². The molecule has 0 unspecified atom stereocenters. The molecular weight excluding hydrogens is 256 g/mol. The summed E-state index contributed by atoms with van der Waals surface area (Å²) in [6.45, 7) is 2.21. The molecule has 1 rings (SSSR count). The summed E-state index contributed by atoms with van der Waals surface area (Å²) in [6, 6.07) is -0.305. The van der Waals surface area contributed by atoms with E-state index < -0.39 is 17.5 Å². The van der Waals surface area contributed by atoms with Crippen LogP contribution in [0.5, 0.6) is 0 Å². The number of nitrogens with zero attached hydrogens (tertiary/aromatic N) is 1. The Labute approximate surface area is 110 Å². The smallest absolute Gasteiger partial charge is 0.329 e. The number of hydrogen-bond donors (Lipinski definition) is 2. The van der Waals surface area contributed by atoms with Gasteiger partial charge in [-0.1, -0.05) is 0 Å². The molecule has 1 aliphatic heterocycles. The number of hydrogen-bond acceptors (Lipinski definition) is 5. The predicted octanol–water partition coefficient (Wildman–Crippen LogP) is -0.565. The number of esters is 1. The number of likely N-dealkylation sites (tertiary alicyclic amines) is 1. The summed E-state index contributed by atoms with van der Waals surface area (Å²) in [4.78, 5) is 34.3. The van der Waals surface area contributed by atoms with E-state index >= 15 is 0 Å². The number of amides is 2. The van der Waals surface area contributed by atoms with Gasteiger partial charge in [-0.2, -0.15) is 0 Å². The van der Waals surface area contributed by atoms with Gasteiger partial charge < -0.3 is 24.8 Å². The van der Waals surface area contributed by atoms with Gasteiger partial charge in [0.2, 0.25) is 0 Å². The molecule has 0 aromatic rings. The van der Waals surface area contributed by atoms with Crippen molar-refractivity contribution in [1.82, 2.24) is 10.2 Å². The number of aliphatic carboxylic acids is 1. The average Bonchev–Trinajstić information content (AvgIpc) is 2.32. The van der Waals surface area contributed by atoms with Crippen molar-refractivity contribution < 1.29 is 29.0 Å². The largest absolute Gasteiger partial charge is 0.480 e. The second-order valence-corrected chi connectivity index (χ2v) is 4.55. The molecule has 0 spiro atoms. The number of carboxylic acids is 1. The van der Waals surface area contributed by atoms with Gasteiger partial charge in [-0.15, -0.1) is 0 Å². The first-order chi connectivity index (χ1) is 8.86. The van der Waals surface area contributed by atoms with Crippen LogP contribution in [0, 0.1) is 0 Å². The molecule has 2 amide bonds. The maximum atomic E-state index is 11.6. The number of carbonyl (C=O) groups excluding carboxylic acids is 2. The van der Waals surface area contributed by atoms with E-state index in [4.69, 9.17) is 9.84 Å². The lowest BCUT2D eigenvalue weighted by molar-refractivity contribution is -0.159. The van der Waals surface area contributed by atoms with Gasteiger partial charge in [-0.05, 0) is 6.92 Å². The molecule has 0 aliphatic carbocycles. The van der Waals surface area contributed by atoms with Gasteiger partial charge in [0, 0.05) is 6.54 Å². The van der Waals surface area contributed by atoms with Gasteiger partial charge in [-0.3, -0.25) is 4.79 Å². The molecule has 1 fully saturated rings. The predicted molar refractivity (Wildman–Crippen MR) is 63.6 cm³/mol. The lowest BCUT2D eigenvalue weighted by Crippen LogP contribution is -2.65. The third-order valence-corrected chi connectivity index (χ3v) is 2.71. The second kappa shape index (κ2) is 6.37. The van der Waals surface area contributed by atoms with Crippen molar-refractivity contribution in [2.45, 2.75) is 18.9 Å². The summed E-state index contributed by atoms with van der Waals surface area (Å²) >= 11 is 0. The monoisotopic (exact) mass is 274 g/mol. The molecule has 1 aliphatic rings. The molecule has 0 aromatic heterocycles. The molecule has 0 atom stereocenters. The Hall–Kier alpha value is -1.83. The molecule has 2 N–H and O–H groups in total. The summed E-state index contributed by atoms with van der Waals surface area (Å²) in [5.74, 6) is -1.43. The number of carboxylic acid groups (broad SMARTS) is 1. The van der Waals surface area contributed by atoms with Crippen molar-refractivity contribution in [2.24, 2.45) is 0 Å². The molecule has 19 heavy (non-hydrogen) atoms. The topological polar surface area (TPSA) is 105 Å². The number of methoxy groups -OCH3 is 1. The highest BCUT2D eigenvalue weighted by Crippen LogP contribution is 2.24. The molecule has 108 valence electrons. The Kier molecular flexibility index (Phi) is 5.11. The summed E-state index contributed by atoms with van der Waals surface area (Å²) in [5, 5.41) is 11.1. The van der Waals surface area contributed by atoms with Crippen molar-refractivity contribution >= 4 is 18.0 Å². The van der Waals surface area contributed by atoms with E-state index in [1.807, 2.05) is 0 Å². The molecule has 0 bridgehead atoms. The first kappa shape index (κ1) is 15.2. The molecule has 0 saturated carbocycles. The Morgan fingerprint density at radius 2 is 2.00 bits per heavy atom. The van der Waals surface area contributed by atoms with Crippen LogP contribution in [0.3, 0.4) is 0 Å². The maximum Gasteiger partial charge on any atom is 0.329 e. The molecule has 0 aromatic carbocycles. The van der Waals surface area contributed by atoms with Crippen LogP contribution in [0.2, 0.25) is 0 Å². The summed E-state index contributed by atoms with van der Waals surface area (Å²) in [6.07, 6.45) is 0.114. The molecular formula is C11H18N2O6. The highest BCUT2D eigenvalue weighted by atomic mass is 16.5. The van der Waals surface area contributed by atoms with E-state index in [2.05, 4.69) is 10.1 Å². The normalized spacial score (nSPS) is 16.4. The van der Waals surface area contributed by atoms with Crippen LogP contribution in [-0.2, 0) is 19.1 Å². The zero-order valence-corrected chi connectivity index (χ0v) is 11.0. The third kappa shape index (κ3) is 4.74. The lowest BCUT2D eigenvalue weighted by Gasteiger charge is -2.46. The van der Waals surface area contributed by atoms with E-state index in [0.29, 0.717) is 13.1 Å². The first-order valence-electron chi connectivity index (χ1n) is 5.81. The molecule has 8 nitrogen and oxygen atoms in total. The van der Waals surface area contributed by atoms with Crippen molar-refractivity contribution in [3.63, 3.8) is 0 Å². The van der Waals surface area contributed by atoms with Gasteiger partial charge in [0.25, 0.3) is 0 Å².